The Labute approximate surface area is 129 Å². The van der Waals surface area contributed by atoms with Gasteiger partial charge in [-0.1, -0.05) is 35.9 Å². The quantitative estimate of drug-likeness (QED) is 0.872. The second kappa shape index (κ2) is 6.19. The standard InChI is InChI=1S/C17H18ClNO2/c1-12-4-3-5-15(10-12)19-17(2,16(20)21)11-13-6-8-14(18)9-7-13/h3-10,19H,11H2,1-2H3,(H,20,21). The molecule has 0 saturated heterocycles. The molecule has 1 atom stereocenters. The number of rotatable bonds is 5. The normalized spacial score (nSPS) is 13.5. The zero-order valence-electron chi connectivity index (χ0n) is 12.1. The molecular formula is C17H18ClNO2. The van der Waals surface area contributed by atoms with Crippen LogP contribution in [0.2, 0.25) is 5.02 Å². The molecule has 3 nitrogen and oxygen atoms in total. The average Bonchev–Trinajstić information content (AvgIpc) is 2.41. The van der Waals surface area contributed by atoms with Gasteiger partial charge in [0.15, 0.2) is 0 Å². The number of hydrogen-bond acceptors (Lipinski definition) is 2. The van der Waals surface area contributed by atoms with Crippen molar-refractivity contribution in [1.82, 2.24) is 0 Å². The van der Waals surface area contributed by atoms with Gasteiger partial charge in [-0.2, -0.15) is 0 Å². The Morgan fingerprint density at radius 3 is 2.48 bits per heavy atom. The Bertz CT molecular complexity index is 639. The maximum Gasteiger partial charge on any atom is 0.329 e. The van der Waals surface area contributed by atoms with Gasteiger partial charge in [0, 0.05) is 17.1 Å². The highest BCUT2D eigenvalue weighted by Crippen LogP contribution is 2.22. The molecule has 2 N–H and O–H groups in total. The van der Waals surface area contributed by atoms with Gasteiger partial charge in [0.1, 0.15) is 5.54 Å². The fourth-order valence-electron chi connectivity index (χ4n) is 2.23. The Kier molecular flexibility index (Phi) is 4.53. The van der Waals surface area contributed by atoms with Crippen LogP contribution in [-0.2, 0) is 11.2 Å². The van der Waals surface area contributed by atoms with Crippen LogP contribution < -0.4 is 5.32 Å². The Morgan fingerprint density at radius 1 is 1.24 bits per heavy atom. The zero-order valence-corrected chi connectivity index (χ0v) is 12.8. The molecule has 4 heteroatoms. The third-order valence-corrected chi connectivity index (χ3v) is 3.63. The van der Waals surface area contributed by atoms with Crippen molar-refractivity contribution >= 4 is 23.3 Å². The van der Waals surface area contributed by atoms with Gasteiger partial charge < -0.3 is 10.4 Å². The van der Waals surface area contributed by atoms with Gasteiger partial charge >= 0.3 is 5.97 Å². The van der Waals surface area contributed by atoms with E-state index in [2.05, 4.69) is 5.32 Å². The Hall–Kier alpha value is -2.00. The third-order valence-electron chi connectivity index (χ3n) is 3.38. The molecule has 0 aliphatic rings. The van der Waals surface area contributed by atoms with Gasteiger partial charge in [-0.25, -0.2) is 4.79 Å². The van der Waals surface area contributed by atoms with Gasteiger partial charge in [0.2, 0.25) is 0 Å². The molecule has 0 aromatic heterocycles. The highest BCUT2D eigenvalue weighted by atomic mass is 35.5. The molecule has 0 radical (unpaired) electrons. The average molecular weight is 304 g/mol. The van der Waals surface area contributed by atoms with Gasteiger partial charge in [-0.05, 0) is 49.2 Å². The molecule has 0 aliphatic carbocycles. The molecule has 1 unspecified atom stereocenters. The van der Waals surface area contributed by atoms with Crippen molar-refractivity contribution in [3.05, 3.63) is 64.7 Å². The number of carboxylic acids is 1. The minimum atomic E-state index is -1.08. The number of aryl methyl sites for hydroxylation is 1. The number of halogens is 1. The molecule has 0 fully saturated rings. The number of hydrogen-bond donors (Lipinski definition) is 2. The Balaban J connectivity index is 2.23. The van der Waals surface area contributed by atoms with Crippen molar-refractivity contribution < 1.29 is 9.90 Å². The Morgan fingerprint density at radius 2 is 1.90 bits per heavy atom. The second-order valence-corrected chi connectivity index (χ2v) is 5.87. The molecule has 2 aromatic carbocycles. The third kappa shape index (κ3) is 3.99. The van der Waals surface area contributed by atoms with E-state index in [9.17, 15) is 9.90 Å². The highest BCUT2D eigenvalue weighted by Gasteiger charge is 2.33. The molecule has 2 rings (SSSR count). The fourth-order valence-corrected chi connectivity index (χ4v) is 2.35. The summed E-state index contributed by atoms with van der Waals surface area (Å²) in [6, 6.07) is 14.9. The van der Waals surface area contributed by atoms with E-state index in [4.69, 9.17) is 11.6 Å². The summed E-state index contributed by atoms with van der Waals surface area (Å²) in [7, 11) is 0. The second-order valence-electron chi connectivity index (χ2n) is 5.43. The predicted octanol–water partition coefficient (Wildman–Crippen LogP) is 4.15. The summed E-state index contributed by atoms with van der Waals surface area (Å²) >= 11 is 5.86. The van der Waals surface area contributed by atoms with Gasteiger partial charge in [-0.15, -0.1) is 0 Å². The highest BCUT2D eigenvalue weighted by molar-refractivity contribution is 6.30. The summed E-state index contributed by atoms with van der Waals surface area (Å²) in [5, 5.41) is 13.4. The smallest absolute Gasteiger partial charge is 0.329 e. The zero-order chi connectivity index (χ0) is 15.5. The summed E-state index contributed by atoms with van der Waals surface area (Å²) in [4.78, 5) is 11.7. The fraction of sp³-hybridized carbons (Fsp3) is 0.235. The van der Waals surface area contributed by atoms with Gasteiger partial charge in [0.25, 0.3) is 0 Å². The van der Waals surface area contributed by atoms with E-state index in [1.807, 2.05) is 43.3 Å². The van der Waals surface area contributed by atoms with Crippen molar-refractivity contribution in [3.63, 3.8) is 0 Å². The topological polar surface area (TPSA) is 49.3 Å². The maximum absolute atomic E-state index is 11.7. The largest absolute Gasteiger partial charge is 0.480 e. The number of carboxylic acid groups (broad SMARTS) is 1. The van der Waals surface area contributed by atoms with Crippen LogP contribution in [0.25, 0.3) is 0 Å². The first-order valence-electron chi connectivity index (χ1n) is 6.72. The van der Waals surface area contributed by atoms with Crippen LogP contribution in [0, 0.1) is 6.92 Å². The van der Waals surface area contributed by atoms with Crippen molar-refractivity contribution in [1.29, 1.82) is 0 Å². The van der Waals surface area contributed by atoms with E-state index in [1.165, 1.54) is 0 Å². The lowest BCUT2D eigenvalue weighted by Gasteiger charge is -2.28. The minimum absolute atomic E-state index is 0.368. The SMILES string of the molecule is Cc1cccc(NC(C)(Cc2ccc(Cl)cc2)C(=O)O)c1. The summed E-state index contributed by atoms with van der Waals surface area (Å²) in [6.07, 6.45) is 0.368. The van der Waals surface area contributed by atoms with Crippen LogP contribution in [0.4, 0.5) is 5.69 Å². The number of carbonyl (C=O) groups is 1. The molecule has 0 spiro atoms. The molecule has 2 aromatic rings. The molecule has 0 heterocycles. The first kappa shape index (κ1) is 15.4. The lowest BCUT2D eigenvalue weighted by atomic mass is 9.92. The van der Waals surface area contributed by atoms with Crippen LogP contribution in [0.15, 0.2) is 48.5 Å². The van der Waals surface area contributed by atoms with E-state index in [-0.39, 0.29) is 0 Å². The van der Waals surface area contributed by atoms with Gasteiger partial charge in [0.05, 0.1) is 0 Å². The predicted molar refractivity (Wildman–Crippen MR) is 86.0 cm³/mol. The van der Waals surface area contributed by atoms with Gasteiger partial charge in [-0.3, -0.25) is 0 Å². The summed E-state index contributed by atoms with van der Waals surface area (Å²) in [6.45, 7) is 3.66. The number of benzene rings is 2. The first-order valence-corrected chi connectivity index (χ1v) is 7.09. The molecule has 21 heavy (non-hydrogen) atoms. The minimum Gasteiger partial charge on any atom is -0.480 e. The molecular weight excluding hydrogens is 286 g/mol. The summed E-state index contributed by atoms with van der Waals surface area (Å²) in [5.74, 6) is -0.890. The number of anilines is 1. The van der Waals surface area contributed by atoms with E-state index in [0.29, 0.717) is 11.4 Å². The van der Waals surface area contributed by atoms with Crippen LogP contribution in [0.1, 0.15) is 18.1 Å². The molecule has 0 aliphatic heterocycles. The monoisotopic (exact) mass is 303 g/mol. The molecule has 0 bridgehead atoms. The van der Waals surface area contributed by atoms with Crippen molar-refractivity contribution in [3.8, 4) is 0 Å². The lowest BCUT2D eigenvalue weighted by Crippen LogP contribution is -2.45. The van der Waals surface area contributed by atoms with E-state index < -0.39 is 11.5 Å². The first-order chi connectivity index (χ1) is 9.89. The summed E-state index contributed by atoms with van der Waals surface area (Å²) in [5.41, 5.74) is 1.72. The number of aliphatic carboxylic acids is 1. The van der Waals surface area contributed by atoms with Crippen molar-refractivity contribution in [2.75, 3.05) is 5.32 Å². The lowest BCUT2D eigenvalue weighted by molar-refractivity contribution is -0.141. The van der Waals surface area contributed by atoms with Crippen LogP contribution in [0.5, 0.6) is 0 Å². The summed E-state index contributed by atoms with van der Waals surface area (Å²) < 4.78 is 0. The van der Waals surface area contributed by atoms with Crippen molar-refractivity contribution in [2.24, 2.45) is 0 Å². The van der Waals surface area contributed by atoms with Crippen LogP contribution in [-0.4, -0.2) is 16.6 Å². The van der Waals surface area contributed by atoms with E-state index in [1.54, 1.807) is 19.1 Å². The van der Waals surface area contributed by atoms with E-state index in [0.717, 1.165) is 16.8 Å². The molecule has 110 valence electrons. The van der Waals surface area contributed by atoms with Crippen molar-refractivity contribution in [2.45, 2.75) is 25.8 Å². The van der Waals surface area contributed by atoms with Crippen LogP contribution >= 0.6 is 11.6 Å². The molecule has 0 saturated carbocycles. The maximum atomic E-state index is 11.7. The van der Waals surface area contributed by atoms with E-state index >= 15 is 0 Å². The molecule has 0 amide bonds. The number of nitrogens with one attached hydrogen (secondary N) is 1. The van der Waals surface area contributed by atoms with Crippen LogP contribution in [0.3, 0.4) is 0 Å².